The fourth-order valence-electron chi connectivity index (χ4n) is 4.71. The summed E-state index contributed by atoms with van der Waals surface area (Å²) >= 11 is 0. The molecule has 0 amide bonds. The van der Waals surface area contributed by atoms with Crippen LogP contribution >= 0.6 is 0 Å². The van der Waals surface area contributed by atoms with E-state index in [2.05, 4.69) is 15.2 Å². The van der Waals surface area contributed by atoms with Crippen molar-refractivity contribution in [1.29, 1.82) is 0 Å². The van der Waals surface area contributed by atoms with Crippen LogP contribution in [0.3, 0.4) is 0 Å². The number of methoxy groups -OCH3 is 2. The van der Waals surface area contributed by atoms with E-state index in [1.165, 1.54) is 0 Å². The van der Waals surface area contributed by atoms with E-state index in [4.69, 9.17) is 24.0 Å². The quantitative estimate of drug-likeness (QED) is 0.228. The minimum Gasteiger partial charge on any atom is -0.508 e. The maximum absolute atomic E-state index is 10.1. The van der Waals surface area contributed by atoms with Gasteiger partial charge in [-0.25, -0.2) is 14.5 Å². The second kappa shape index (κ2) is 9.97. The second-order valence-electron chi connectivity index (χ2n) is 8.95. The third-order valence-electron chi connectivity index (χ3n) is 6.56. The van der Waals surface area contributed by atoms with Crippen LogP contribution in [-0.2, 0) is 11.4 Å². The van der Waals surface area contributed by atoms with Gasteiger partial charge in [-0.15, -0.1) is 5.10 Å². The van der Waals surface area contributed by atoms with Gasteiger partial charge in [0, 0.05) is 17.5 Å². The zero-order valence-corrected chi connectivity index (χ0v) is 21.5. The van der Waals surface area contributed by atoms with Gasteiger partial charge in [-0.2, -0.15) is 0 Å². The number of aromatic nitrogens is 4. The van der Waals surface area contributed by atoms with Gasteiger partial charge in [0.2, 0.25) is 5.88 Å². The summed E-state index contributed by atoms with van der Waals surface area (Å²) in [6.45, 7) is 1.96. The van der Waals surface area contributed by atoms with Crippen molar-refractivity contribution in [3.8, 4) is 28.9 Å². The van der Waals surface area contributed by atoms with Crippen molar-refractivity contribution < 1.29 is 24.2 Å². The van der Waals surface area contributed by atoms with Crippen molar-refractivity contribution >= 4 is 11.4 Å². The zero-order chi connectivity index (χ0) is 26.9. The van der Waals surface area contributed by atoms with E-state index in [-0.39, 0.29) is 18.3 Å². The Bertz CT molecular complexity index is 1700. The van der Waals surface area contributed by atoms with Crippen LogP contribution in [0.2, 0.25) is 0 Å². The number of hydrogen-bond donors (Lipinski definition) is 1. The summed E-state index contributed by atoms with van der Waals surface area (Å²) in [7, 11) is 3.19. The SMILES string of the molecule is COc1ccc([C@H]2c3ccc(O)cc3Oc3ncn4nc(CO/N=C(\C)c5ccccc5)nc4c32)cc1OC. The Hall–Kier alpha value is -5.12. The van der Waals surface area contributed by atoms with E-state index in [1.807, 2.05) is 61.5 Å². The smallest absolute Gasteiger partial charge is 0.228 e. The summed E-state index contributed by atoms with van der Waals surface area (Å²) in [5, 5.41) is 18.9. The van der Waals surface area contributed by atoms with E-state index >= 15 is 0 Å². The molecule has 0 spiro atoms. The summed E-state index contributed by atoms with van der Waals surface area (Å²) < 4.78 is 18.8. The van der Waals surface area contributed by atoms with Crippen LogP contribution in [0.25, 0.3) is 5.65 Å². The third-order valence-corrected chi connectivity index (χ3v) is 6.56. The second-order valence-corrected chi connectivity index (χ2v) is 8.95. The van der Waals surface area contributed by atoms with E-state index in [9.17, 15) is 5.11 Å². The minimum atomic E-state index is -0.336. The van der Waals surface area contributed by atoms with Crippen molar-refractivity contribution in [2.24, 2.45) is 5.16 Å². The molecule has 196 valence electrons. The molecule has 5 aromatic rings. The van der Waals surface area contributed by atoms with Crippen molar-refractivity contribution in [2.75, 3.05) is 14.2 Å². The predicted octanol–water partition coefficient (Wildman–Crippen LogP) is 5.07. The highest BCUT2D eigenvalue weighted by Gasteiger charge is 2.34. The van der Waals surface area contributed by atoms with Gasteiger partial charge in [0.1, 0.15) is 17.8 Å². The lowest BCUT2D eigenvalue weighted by molar-refractivity contribution is 0.125. The molecule has 10 heteroatoms. The van der Waals surface area contributed by atoms with E-state index < -0.39 is 0 Å². The number of rotatable bonds is 7. The Labute approximate surface area is 224 Å². The van der Waals surface area contributed by atoms with Crippen LogP contribution in [0.5, 0.6) is 28.9 Å². The first-order valence-corrected chi connectivity index (χ1v) is 12.2. The van der Waals surface area contributed by atoms with E-state index in [0.717, 1.165) is 28.0 Å². The van der Waals surface area contributed by atoms with Gasteiger partial charge >= 0.3 is 0 Å². The Morgan fingerprint density at radius 3 is 2.64 bits per heavy atom. The molecule has 0 fully saturated rings. The number of hydrogen-bond acceptors (Lipinski definition) is 9. The Balaban J connectivity index is 1.41. The van der Waals surface area contributed by atoms with Gasteiger partial charge in [0.15, 0.2) is 29.6 Å². The molecule has 10 nitrogen and oxygen atoms in total. The molecule has 0 radical (unpaired) electrons. The van der Waals surface area contributed by atoms with Crippen LogP contribution < -0.4 is 14.2 Å². The lowest BCUT2D eigenvalue weighted by Crippen LogP contribution is -2.15. The maximum Gasteiger partial charge on any atom is 0.228 e. The van der Waals surface area contributed by atoms with Crippen LogP contribution in [0.4, 0.5) is 0 Å². The number of aromatic hydroxyl groups is 1. The molecule has 2 aromatic heterocycles. The highest BCUT2D eigenvalue weighted by atomic mass is 16.6. The van der Waals surface area contributed by atoms with Crippen molar-refractivity contribution in [1.82, 2.24) is 19.6 Å². The van der Waals surface area contributed by atoms with E-state index in [1.54, 1.807) is 37.2 Å². The molecule has 3 heterocycles. The topological polar surface area (TPSA) is 113 Å². The molecular weight excluding hydrogens is 498 g/mol. The molecular formula is C29H25N5O5. The largest absolute Gasteiger partial charge is 0.508 e. The van der Waals surface area contributed by atoms with Gasteiger partial charge in [-0.3, -0.25) is 0 Å². The van der Waals surface area contributed by atoms with Gasteiger partial charge < -0.3 is 24.2 Å². The molecule has 0 saturated carbocycles. The molecule has 1 N–H and O–H groups in total. The average Bonchev–Trinajstić information content (AvgIpc) is 3.39. The first kappa shape index (κ1) is 24.2. The number of phenolic OH excluding ortho intramolecular Hbond substituents is 1. The summed E-state index contributed by atoms with van der Waals surface area (Å²) in [4.78, 5) is 14.9. The molecule has 6 rings (SSSR count). The molecule has 1 aliphatic rings. The van der Waals surface area contributed by atoms with E-state index in [0.29, 0.717) is 34.6 Å². The van der Waals surface area contributed by atoms with Crippen LogP contribution in [0.15, 0.2) is 78.2 Å². The highest BCUT2D eigenvalue weighted by molar-refractivity contribution is 5.98. The summed E-state index contributed by atoms with van der Waals surface area (Å²) in [5.41, 5.74) is 4.76. The monoisotopic (exact) mass is 523 g/mol. The van der Waals surface area contributed by atoms with Crippen molar-refractivity contribution in [3.63, 3.8) is 0 Å². The number of phenols is 1. The molecule has 0 unspecified atom stereocenters. The van der Waals surface area contributed by atoms with Gasteiger partial charge in [-0.1, -0.05) is 47.6 Å². The van der Waals surface area contributed by atoms with Crippen LogP contribution in [0.1, 0.15) is 40.9 Å². The predicted molar refractivity (Wildman–Crippen MR) is 143 cm³/mol. The maximum atomic E-state index is 10.1. The number of oxime groups is 1. The number of nitrogens with zero attached hydrogens (tertiary/aromatic N) is 5. The molecule has 39 heavy (non-hydrogen) atoms. The van der Waals surface area contributed by atoms with Crippen LogP contribution in [0, 0.1) is 0 Å². The standard InChI is InChI=1S/C29H25N5O5/c1-17(18-7-5-4-6-8-18)33-38-15-25-31-28-27-26(19-9-12-22(36-2)24(13-19)37-3)21-11-10-20(35)14-23(21)39-29(27)30-16-34(28)32-25/h4-14,16,26,35H,15H2,1-3H3/b33-17+/t26-/m0/s1. The highest BCUT2D eigenvalue weighted by Crippen LogP contribution is 2.49. The lowest BCUT2D eigenvalue weighted by atomic mass is 9.83. The van der Waals surface area contributed by atoms with Crippen molar-refractivity contribution in [3.05, 3.63) is 101 Å². The first-order chi connectivity index (χ1) is 19.1. The molecule has 0 aliphatic carbocycles. The normalized spacial score (nSPS) is 14.3. The number of ether oxygens (including phenoxy) is 3. The summed E-state index contributed by atoms with van der Waals surface area (Å²) in [5.74, 6) is 2.28. The first-order valence-electron chi connectivity index (χ1n) is 12.2. The molecule has 1 atom stereocenters. The van der Waals surface area contributed by atoms with Crippen molar-refractivity contribution in [2.45, 2.75) is 19.4 Å². The van der Waals surface area contributed by atoms with Crippen LogP contribution in [-0.4, -0.2) is 44.6 Å². The van der Waals surface area contributed by atoms with Gasteiger partial charge in [-0.05, 0) is 36.2 Å². The third kappa shape index (κ3) is 4.46. The lowest BCUT2D eigenvalue weighted by Gasteiger charge is -2.28. The minimum absolute atomic E-state index is 0.0764. The Kier molecular flexibility index (Phi) is 6.20. The summed E-state index contributed by atoms with van der Waals surface area (Å²) in [6.07, 6.45) is 1.54. The molecule has 0 saturated heterocycles. The Morgan fingerprint density at radius 2 is 1.85 bits per heavy atom. The molecule has 3 aromatic carbocycles. The number of fused-ring (bicyclic) bond motifs is 4. The summed E-state index contributed by atoms with van der Waals surface area (Å²) in [6, 6.07) is 20.6. The molecule has 1 aliphatic heterocycles. The fraction of sp³-hybridized carbons (Fsp3) is 0.172. The van der Waals surface area contributed by atoms with Gasteiger partial charge in [0.25, 0.3) is 0 Å². The number of benzene rings is 3. The average molecular weight is 524 g/mol. The van der Waals surface area contributed by atoms with Gasteiger partial charge in [0.05, 0.1) is 25.5 Å². The fourth-order valence-corrected chi connectivity index (χ4v) is 4.71. The zero-order valence-electron chi connectivity index (χ0n) is 21.5. The Morgan fingerprint density at radius 1 is 1.03 bits per heavy atom. The molecule has 0 bridgehead atoms.